The van der Waals surface area contributed by atoms with E-state index in [1.165, 1.54) is 4.90 Å². The van der Waals surface area contributed by atoms with Crippen molar-refractivity contribution in [3.63, 3.8) is 0 Å². The van der Waals surface area contributed by atoms with Gasteiger partial charge in [-0.2, -0.15) is 4.90 Å². The van der Waals surface area contributed by atoms with E-state index >= 15 is 0 Å². The molecule has 3 aliphatic rings. The fourth-order valence-corrected chi connectivity index (χ4v) is 4.69. The van der Waals surface area contributed by atoms with E-state index in [1.54, 1.807) is 45.0 Å². The molecular weight excluding hydrogens is 468 g/mol. The lowest BCUT2D eigenvalue weighted by Gasteiger charge is -2.36. The van der Waals surface area contributed by atoms with E-state index in [2.05, 4.69) is 0 Å². The number of carbonyl (C=O) groups is 4. The SMILES string of the molecule is CC(C)(C)OC(=O)N1C(=O)CCC2(CC(=O)N(c3ccc(OCCOC4CCCCO4)cc3)C2)C1=O. The van der Waals surface area contributed by atoms with Gasteiger partial charge in [0.15, 0.2) is 6.29 Å². The largest absolute Gasteiger partial charge is 0.491 e. The lowest BCUT2D eigenvalue weighted by molar-refractivity contribution is -0.165. The Balaban J connectivity index is 1.36. The van der Waals surface area contributed by atoms with Crippen molar-refractivity contribution in [1.82, 2.24) is 4.90 Å². The highest BCUT2D eigenvalue weighted by Gasteiger charge is 2.56. The first-order valence-corrected chi connectivity index (χ1v) is 12.4. The van der Waals surface area contributed by atoms with Crippen LogP contribution in [0.25, 0.3) is 0 Å². The molecule has 3 saturated heterocycles. The third-order valence-corrected chi connectivity index (χ3v) is 6.49. The Bertz CT molecular complexity index is 996. The van der Waals surface area contributed by atoms with Crippen molar-refractivity contribution in [2.24, 2.45) is 5.41 Å². The number of hydrogen-bond donors (Lipinski definition) is 0. The molecule has 0 aromatic heterocycles. The number of hydrogen-bond acceptors (Lipinski definition) is 8. The number of anilines is 1. The van der Waals surface area contributed by atoms with Crippen LogP contribution in [0.3, 0.4) is 0 Å². The molecule has 0 saturated carbocycles. The third-order valence-electron chi connectivity index (χ3n) is 6.49. The molecule has 2 unspecified atom stereocenters. The van der Waals surface area contributed by atoms with Crippen molar-refractivity contribution in [3.8, 4) is 5.75 Å². The fraction of sp³-hybridized carbons (Fsp3) is 0.615. The molecule has 3 aliphatic heterocycles. The monoisotopic (exact) mass is 502 g/mol. The van der Waals surface area contributed by atoms with Gasteiger partial charge in [0.2, 0.25) is 17.7 Å². The van der Waals surface area contributed by atoms with Gasteiger partial charge in [-0.15, -0.1) is 0 Å². The number of rotatable bonds is 6. The Hall–Kier alpha value is -2.98. The van der Waals surface area contributed by atoms with Crippen LogP contribution in [0.1, 0.15) is 59.3 Å². The summed E-state index contributed by atoms with van der Waals surface area (Å²) < 4.78 is 22.2. The second-order valence-corrected chi connectivity index (χ2v) is 10.5. The number of ether oxygens (including phenoxy) is 4. The summed E-state index contributed by atoms with van der Waals surface area (Å²) in [6.45, 7) is 6.57. The quantitative estimate of drug-likeness (QED) is 0.430. The van der Waals surface area contributed by atoms with E-state index in [1.807, 2.05) is 0 Å². The molecule has 2 atom stereocenters. The number of likely N-dealkylation sites (tertiary alicyclic amines) is 1. The second-order valence-electron chi connectivity index (χ2n) is 10.5. The molecule has 10 heteroatoms. The second kappa shape index (κ2) is 10.6. The van der Waals surface area contributed by atoms with Crippen LogP contribution >= 0.6 is 0 Å². The highest BCUT2D eigenvalue weighted by Crippen LogP contribution is 2.43. The third kappa shape index (κ3) is 5.87. The average Bonchev–Trinajstić information content (AvgIpc) is 3.17. The van der Waals surface area contributed by atoms with E-state index in [9.17, 15) is 19.2 Å². The van der Waals surface area contributed by atoms with Crippen molar-refractivity contribution in [1.29, 1.82) is 0 Å². The Morgan fingerprint density at radius 1 is 1.08 bits per heavy atom. The van der Waals surface area contributed by atoms with Crippen molar-refractivity contribution in [2.45, 2.75) is 71.2 Å². The summed E-state index contributed by atoms with van der Waals surface area (Å²) in [5.74, 6) is -0.892. The van der Waals surface area contributed by atoms with Crippen LogP contribution in [-0.2, 0) is 28.6 Å². The molecule has 1 aromatic rings. The van der Waals surface area contributed by atoms with Gasteiger partial charge in [0.05, 0.1) is 12.0 Å². The standard InChI is InChI=1S/C26H34N2O8/c1-25(2,3)36-24(32)28-20(29)11-12-26(23(28)31)16-21(30)27(17-26)18-7-9-19(10-8-18)33-14-15-35-22-6-4-5-13-34-22/h7-10,22H,4-6,11-17H2,1-3H3. The van der Waals surface area contributed by atoms with Crippen LogP contribution < -0.4 is 9.64 Å². The van der Waals surface area contributed by atoms with Crippen molar-refractivity contribution in [3.05, 3.63) is 24.3 Å². The number of carbonyl (C=O) groups excluding carboxylic acids is 4. The van der Waals surface area contributed by atoms with Gasteiger partial charge in [-0.3, -0.25) is 14.4 Å². The zero-order valence-electron chi connectivity index (χ0n) is 21.1. The first-order chi connectivity index (χ1) is 17.1. The molecule has 0 N–H and O–H groups in total. The molecule has 36 heavy (non-hydrogen) atoms. The number of piperidine rings is 1. The number of amides is 4. The van der Waals surface area contributed by atoms with Gasteiger partial charge in [0.1, 0.15) is 18.0 Å². The molecule has 4 amide bonds. The maximum absolute atomic E-state index is 13.3. The predicted molar refractivity (Wildman–Crippen MR) is 128 cm³/mol. The van der Waals surface area contributed by atoms with Crippen molar-refractivity contribution in [2.75, 3.05) is 31.3 Å². The molecular formula is C26H34N2O8. The van der Waals surface area contributed by atoms with E-state index < -0.39 is 28.9 Å². The zero-order chi connectivity index (χ0) is 25.9. The molecule has 4 rings (SSSR count). The van der Waals surface area contributed by atoms with Crippen LogP contribution in [0.15, 0.2) is 24.3 Å². The van der Waals surface area contributed by atoms with Crippen LogP contribution in [0.5, 0.6) is 5.75 Å². The molecule has 1 aromatic carbocycles. The summed E-state index contributed by atoms with van der Waals surface area (Å²) in [5, 5.41) is 0. The van der Waals surface area contributed by atoms with Gasteiger partial charge in [-0.05, 0) is 70.7 Å². The summed E-state index contributed by atoms with van der Waals surface area (Å²) in [6.07, 6.45) is 2.03. The normalized spacial score (nSPS) is 25.0. The van der Waals surface area contributed by atoms with Gasteiger partial charge >= 0.3 is 6.09 Å². The first-order valence-electron chi connectivity index (χ1n) is 12.4. The molecule has 10 nitrogen and oxygen atoms in total. The van der Waals surface area contributed by atoms with Crippen LogP contribution in [-0.4, -0.2) is 67.0 Å². The summed E-state index contributed by atoms with van der Waals surface area (Å²) in [6, 6.07) is 7.01. The number of benzene rings is 1. The average molecular weight is 503 g/mol. The van der Waals surface area contributed by atoms with Crippen molar-refractivity contribution >= 4 is 29.5 Å². The van der Waals surface area contributed by atoms with Crippen LogP contribution in [0, 0.1) is 5.41 Å². The molecule has 0 radical (unpaired) electrons. The fourth-order valence-electron chi connectivity index (χ4n) is 4.69. The van der Waals surface area contributed by atoms with E-state index in [0.29, 0.717) is 29.6 Å². The van der Waals surface area contributed by atoms with E-state index in [4.69, 9.17) is 18.9 Å². The molecule has 3 fully saturated rings. The molecule has 3 heterocycles. The van der Waals surface area contributed by atoms with Gasteiger partial charge in [0, 0.05) is 31.7 Å². The first kappa shape index (κ1) is 26.1. The van der Waals surface area contributed by atoms with E-state index in [-0.39, 0.29) is 38.0 Å². The van der Waals surface area contributed by atoms with E-state index in [0.717, 1.165) is 25.9 Å². The molecule has 0 bridgehead atoms. The lowest BCUT2D eigenvalue weighted by atomic mass is 9.78. The lowest BCUT2D eigenvalue weighted by Crippen LogP contribution is -2.55. The minimum Gasteiger partial charge on any atom is -0.491 e. The number of nitrogens with zero attached hydrogens (tertiary/aromatic N) is 2. The highest BCUT2D eigenvalue weighted by molar-refractivity contribution is 6.15. The zero-order valence-corrected chi connectivity index (χ0v) is 21.1. The minimum absolute atomic E-state index is 0.00709. The summed E-state index contributed by atoms with van der Waals surface area (Å²) in [7, 11) is 0. The molecule has 1 spiro atoms. The maximum atomic E-state index is 13.3. The van der Waals surface area contributed by atoms with Gasteiger partial charge < -0.3 is 23.8 Å². The van der Waals surface area contributed by atoms with Gasteiger partial charge in [-0.25, -0.2) is 4.79 Å². The smallest absolute Gasteiger partial charge is 0.424 e. The highest BCUT2D eigenvalue weighted by atomic mass is 16.7. The topological polar surface area (TPSA) is 112 Å². The van der Waals surface area contributed by atoms with Crippen LogP contribution in [0.2, 0.25) is 0 Å². The summed E-state index contributed by atoms with van der Waals surface area (Å²) >= 11 is 0. The van der Waals surface area contributed by atoms with Crippen molar-refractivity contribution < 1.29 is 38.1 Å². The Morgan fingerprint density at radius 2 is 1.83 bits per heavy atom. The van der Waals surface area contributed by atoms with Crippen LogP contribution in [0.4, 0.5) is 10.5 Å². The maximum Gasteiger partial charge on any atom is 0.424 e. The summed E-state index contributed by atoms with van der Waals surface area (Å²) in [5.41, 5.74) is -1.39. The molecule has 0 aliphatic carbocycles. The Labute approximate surface area is 210 Å². The number of imide groups is 3. The van der Waals surface area contributed by atoms with Gasteiger partial charge in [0.25, 0.3) is 0 Å². The summed E-state index contributed by atoms with van der Waals surface area (Å²) in [4.78, 5) is 53.3. The van der Waals surface area contributed by atoms with Gasteiger partial charge in [-0.1, -0.05) is 0 Å². The molecule has 196 valence electrons. The minimum atomic E-state index is -1.14. The Kier molecular flexibility index (Phi) is 7.65. The predicted octanol–water partition coefficient (Wildman–Crippen LogP) is 3.42. The Morgan fingerprint density at radius 3 is 2.50 bits per heavy atom.